The van der Waals surface area contributed by atoms with E-state index in [0.717, 1.165) is 0 Å². The summed E-state index contributed by atoms with van der Waals surface area (Å²) < 4.78 is 1.50. The van der Waals surface area contributed by atoms with Gasteiger partial charge in [-0.3, -0.25) is 19.6 Å². The van der Waals surface area contributed by atoms with Crippen molar-refractivity contribution in [2.75, 3.05) is 5.73 Å². The number of carbonyl (C=O) groups excluding carboxylic acids is 1. The summed E-state index contributed by atoms with van der Waals surface area (Å²) in [5.41, 5.74) is 7.29. The number of nitrogens with one attached hydrogen (secondary N) is 1. The molecular weight excluding hydrogens is 274 g/mol. The highest BCUT2D eigenvalue weighted by atomic mass is 16.6. The Balaban J connectivity index is 2.15. The molecule has 3 N–H and O–H groups in total. The zero-order valence-corrected chi connectivity index (χ0v) is 11.7. The maximum atomic E-state index is 12.1. The molecule has 2 rings (SSSR count). The van der Waals surface area contributed by atoms with Gasteiger partial charge >= 0.3 is 0 Å². The van der Waals surface area contributed by atoms with Crippen molar-refractivity contribution in [2.45, 2.75) is 13.5 Å². The fourth-order valence-corrected chi connectivity index (χ4v) is 1.87. The van der Waals surface area contributed by atoms with Crippen molar-refractivity contribution in [2.24, 2.45) is 7.05 Å². The number of non-ortho nitro benzene ring substituents is 1. The summed E-state index contributed by atoms with van der Waals surface area (Å²) >= 11 is 0. The summed E-state index contributed by atoms with van der Waals surface area (Å²) in [7, 11) is 1.70. The third-order valence-corrected chi connectivity index (χ3v) is 3.18. The number of rotatable bonds is 4. The van der Waals surface area contributed by atoms with Crippen molar-refractivity contribution in [3.05, 3.63) is 51.2 Å². The normalized spacial score (nSPS) is 10.4. The van der Waals surface area contributed by atoms with Crippen molar-refractivity contribution < 1.29 is 9.72 Å². The van der Waals surface area contributed by atoms with Crippen LogP contribution < -0.4 is 11.1 Å². The average molecular weight is 289 g/mol. The number of aromatic nitrogens is 2. The summed E-state index contributed by atoms with van der Waals surface area (Å²) in [6, 6.07) is 4.17. The maximum Gasteiger partial charge on any atom is 0.270 e. The summed E-state index contributed by atoms with van der Waals surface area (Å²) in [6.45, 7) is 1.93. The van der Waals surface area contributed by atoms with Crippen LogP contribution in [0.15, 0.2) is 24.4 Å². The Morgan fingerprint density at radius 1 is 1.52 bits per heavy atom. The van der Waals surface area contributed by atoms with Gasteiger partial charge in [-0.25, -0.2) is 0 Å². The summed E-state index contributed by atoms with van der Waals surface area (Å²) in [5, 5.41) is 17.4. The standard InChI is InChI=1S/C13H15N5O3/c1-8-3-4-10(18(20)21)5-11(8)13(19)15-6-9-7-16-17(2)12(9)14/h3-5,7H,6,14H2,1-2H3,(H,15,19). The minimum atomic E-state index is -0.532. The van der Waals surface area contributed by atoms with Crippen LogP contribution in [0.2, 0.25) is 0 Å². The number of hydrogen-bond donors (Lipinski definition) is 2. The lowest BCUT2D eigenvalue weighted by Gasteiger charge is -2.07. The fourth-order valence-electron chi connectivity index (χ4n) is 1.87. The minimum Gasteiger partial charge on any atom is -0.384 e. The molecule has 1 heterocycles. The molecule has 0 aliphatic carbocycles. The Morgan fingerprint density at radius 2 is 2.24 bits per heavy atom. The number of nitrogen functional groups attached to an aromatic ring is 1. The molecule has 110 valence electrons. The van der Waals surface area contributed by atoms with Crippen molar-refractivity contribution >= 4 is 17.4 Å². The summed E-state index contributed by atoms with van der Waals surface area (Å²) in [6.07, 6.45) is 1.57. The molecule has 1 aromatic carbocycles. The summed E-state index contributed by atoms with van der Waals surface area (Å²) in [5.74, 6) is 0.0746. The van der Waals surface area contributed by atoms with E-state index < -0.39 is 4.92 Å². The van der Waals surface area contributed by atoms with Crippen LogP contribution >= 0.6 is 0 Å². The minimum absolute atomic E-state index is 0.119. The Kier molecular flexibility index (Phi) is 3.88. The maximum absolute atomic E-state index is 12.1. The van der Waals surface area contributed by atoms with E-state index in [1.165, 1.54) is 16.8 Å². The van der Waals surface area contributed by atoms with E-state index in [9.17, 15) is 14.9 Å². The predicted octanol–water partition coefficient (Wildman–Crippen LogP) is 1.15. The highest BCUT2D eigenvalue weighted by Crippen LogP contribution is 2.17. The van der Waals surface area contributed by atoms with Crippen molar-refractivity contribution in [3.63, 3.8) is 0 Å². The van der Waals surface area contributed by atoms with Crippen molar-refractivity contribution in [1.29, 1.82) is 0 Å². The number of carbonyl (C=O) groups is 1. The SMILES string of the molecule is Cc1ccc([N+](=O)[O-])cc1C(=O)NCc1cnn(C)c1N. The molecule has 0 saturated heterocycles. The second kappa shape index (κ2) is 5.61. The second-order valence-corrected chi connectivity index (χ2v) is 4.62. The first-order valence-electron chi connectivity index (χ1n) is 6.19. The van der Waals surface area contributed by atoms with Crippen molar-refractivity contribution in [1.82, 2.24) is 15.1 Å². The lowest BCUT2D eigenvalue weighted by atomic mass is 10.1. The fraction of sp³-hybridized carbons (Fsp3) is 0.231. The van der Waals surface area contributed by atoms with Crippen LogP contribution in [0.25, 0.3) is 0 Å². The molecule has 0 fully saturated rings. The van der Waals surface area contributed by atoms with E-state index in [2.05, 4.69) is 10.4 Å². The molecule has 0 aliphatic heterocycles. The number of nitrogens with two attached hydrogens (primary N) is 1. The number of anilines is 1. The van der Waals surface area contributed by atoms with Crippen LogP contribution in [0.3, 0.4) is 0 Å². The molecular formula is C13H15N5O3. The average Bonchev–Trinajstić information content (AvgIpc) is 2.76. The zero-order valence-electron chi connectivity index (χ0n) is 11.7. The van der Waals surface area contributed by atoms with Crippen LogP contribution in [-0.4, -0.2) is 20.6 Å². The van der Waals surface area contributed by atoms with Gasteiger partial charge in [0, 0.05) is 36.9 Å². The smallest absolute Gasteiger partial charge is 0.270 e. The largest absolute Gasteiger partial charge is 0.384 e. The van der Waals surface area contributed by atoms with E-state index in [-0.39, 0.29) is 23.7 Å². The molecule has 1 amide bonds. The molecule has 0 saturated carbocycles. The number of hydrogen-bond acceptors (Lipinski definition) is 5. The first-order valence-corrected chi connectivity index (χ1v) is 6.19. The van der Waals surface area contributed by atoms with Gasteiger partial charge in [-0.05, 0) is 12.5 Å². The third kappa shape index (κ3) is 2.99. The molecule has 0 spiro atoms. The van der Waals surface area contributed by atoms with Crippen LogP contribution in [0.1, 0.15) is 21.5 Å². The first-order chi connectivity index (χ1) is 9.90. The number of aryl methyl sites for hydroxylation is 2. The van der Waals surface area contributed by atoms with E-state index in [0.29, 0.717) is 16.9 Å². The Morgan fingerprint density at radius 3 is 2.81 bits per heavy atom. The van der Waals surface area contributed by atoms with E-state index in [1.807, 2.05) is 0 Å². The molecule has 0 bridgehead atoms. The van der Waals surface area contributed by atoms with Gasteiger partial charge in [-0.15, -0.1) is 0 Å². The quantitative estimate of drug-likeness (QED) is 0.647. The molecule has 0 unspecified atom stereocenters. The first kappa shape index (κ1) is 14.5. The second-order valence-electron chi connectivity index (χ2n) is 4.62. The van der Waals surface area contributed by atoms with Gasteiger partial charge < -0.3 is 11.1 Å². The Labute approximate surface area is 120 Å². The van der Waals surface area contributed by atoms with E-state index in [1.54, 1.807) is 26.2 Å². The lowest BCUT2D eigenvalue weighted by molar-refractivity contribution is -0.384. The topological polar surface area (TPSA) is 116 Å². The van der Waals surface area contributed by atoms with Gasteiger partial charge in [-0.2, -0.15) is 5.10 Å². The van der Waals surface area contributed by atoms with Gasteiger partial charge in [-0.1, -0.05) is 6.07 Å². The van der Waals surface area contributed by atoms with Crippen molar-refractivity contribution in [3.8, 4) is 0 Å². The van der Waals surface area contributed by atoms with Crippen LogP contribution in [-0.2, 0) is 13.6 Å². The Bertz CT molecular complexity index is 708. The number of nitro groups is 1. The molecule has 0 aliphatic rings. The lowest BCUT2D eigenvalue weighted by Crippen LogP contribution is -2.24. The monoisotopic (exact) mass is 289 g/mol. The zero-order chi connectivity index (χ0) is 15.6. The molecule has 8 nitrogen and oxygen atoms in total. The van der Waals surface area contributed by atoms with Gasteiger partial charge in [0.05, 0.1) is 11.1 Å². The predicted molar refractivity (Wildman–Crippen MR) is 76.6 cm³/mol. The summed E-state index contributed by atoms with van der Waals surface area (Å²) in [4.78, 5) is 22.4. The molecule has 8 heteroatoms. The number of benzene rings is 1. The Hall–Kier alpha value is -2.90. The number of amides is 1. The number of nitro benzene ring substituents is 1. The van der Waals surface area contributed by atoms with Crippen LogP contribution in [0.5, 0.6) is 0 Å². The van der Waals surface area contributed by atoms with Gasteiger partial charge in [0.2, 0.25) is 0 Å². The highest BCUT2D eigenvalue weighted by molar-refractivity contribution is 5.96. The number of nitrogens with zero attached hydrogens (tertiary/aromatic N) is 3. The van der Waals surface area contributed by atoms with E-state index in [4.69, 9.17) is 5.73 Å². The van der Waals surface area contributed by atoms with Crippen LogP contribution in [0, 0.1) is 17.0 Å². The third-order valence-electron chi connectivity index (χ3n) is 3.18. The van der Waals surface area contributed by atoms with E-state index >= 15 is 0 Å². The van der Waals surface area contributed by atoms with Gasteiger partial charge in [0.25, 0.3) is 11.6 Å². The van der Waals surface area contributed by atoms with Gasteiger partial charge in [0.15, 0.2) is 0 Å². The highest BCUT2D eigenvalue weighted by Gasteiger charge is 2.15. The molecule has 0 radical (unpaired) electrons. The molecule has 21 heavy (non-hydrogen) atoms. The van der Waals surface area contributed by atoms with Crippen LogP contribution in [0.4, 0.5) is 11.5 Å². The molecule has 1 aromatic heterocycles. The molecule has 0 atom stereocenters. The molecule has 2 aromatic rings. The van der Waals surface area contributed by atoms with Gasteiger partial charge in [0.1, 0.15) is 5.82 Å².